The molecule has 0 heterocycles. The van der Waals surface area contributed by atoms with E-state index in [1.165, 1.54) is 12.1 Å². The van der Waals surface area contributed by atoms with Crippen LogP contribution in [-0.4, -0.2) is 17.0 Å². The maximum Gasteiger partial charge on any atom is 0.416 e. The van der Waals surface area contributed by atoms with Crippen LogP contribution in [0.4, 0.5) is 18.9 Å². The topological polar surface area (TPSA) is 66.4 Å². The summed E-state index contributed by atoms with van der Waals surface area (Å²) in [6, 6.07) is 13.0. The van der Waals surface area contributed by atoms with Crippen molar-refractivity contribution in [3.63, 3.8) is 0 Å². The number of hydrogen-bond donors (Lipinski definition) is 2. The first kappa shape index (κ1) is 18.5. The van der Waals surface area contributed by atoms with Crippen LogP contribution < -0.4 is 5.32 Å². The van der Waals surface area contributed by atoms with E-state index in [1.54, 1.807) is 30.3 Å². The lowest BCUT2D eigenvalue weighted by molar-refractivity contribution is -0.143. The zero-order chi connectivity index (χ0) is 18.4. The van der Waals surface area contributed by atoms with Crippen LogP contribution in [0.5, 0.6) is 0 Å². The lowest BCUT2D eigenvalue weighted by Gasteiger charge is -2.13. The van der Waals surface area contributed by atoms with Crippen LogP contribution in [0.15, 0.2) is 54.6 Å². The third-order valence-electron chi connectivity index (χ3n) is 3.58. The molecule has 0 aliphatic heterocycles. The number of benzene rings is 2. The second-order valence-electron chi connectivity index (χ2n) is 5.56. The summed E-state index contributed by atoms with van der Waals surface area (Å²) in [6.07, 6.45) is -4.69. The predicted molar refractivity (Wildman–Crippen MR) is 86.0 cm³/mol. The zero-order valence-electron chi connectivity index (χ0n) is 13.1. The van der Waals surface area contributed by atoms with Gasteiger partial charge in [0, 0.05) is 12.1 Å². The van der Waals surface area contributed by atoms with Crippen LogP contribution in [0.25, 0.3) is 0 Å². The van der Waals surface area contributed by atoms with Gasteiger partial charge in [-0.1, -0.05) is 36.4 Å². The van der Waals surface area contributed by atoms with E-state index in [9.17, 15) is 27.9 Å². The first-order chi connectivity index (χ1) is 11.8. The number of alkyl halides is 3. The third-order valence-corrected chi connectivity index (χ3v) is 3.58. The largest absolute Gasteiger partial charge is 0.481 e. The summed E-state index contributed by atoms with van der Waals surface area (Å²) < 4.78 is 38.0. The fourth-order valence-electron chi connectivity index (χ4n) is 2.35. The van der Waals surface area contributed by atoms with E-state index in [0.29, 0.717) is 0 Å². The SMILES string of the molecule is O=C(C[C@@H](Cc1ccccc1)C(=O)O)Nc1cccc(C(F)(F)F)c1. The summed E-state index contributed by atoms with van der Waals surface area (Å²) in [4.78, 5) is 23.4. The molecule has 2 aromatic rings. The molecule has 25 heavy (non-hydrogen) atoms. The molecule has 0 saturated heterocycles. The Morgan fingerprint density at radius 2 is 1.72 bits per heavy atom. The fourth-order valence-corrected chi connectivity index (χ4v) is 2.35. The minimum atomic E-state index is -4.52. The number of amides is 1. The van der Waals surface area contributed by atoms with Crippen LogP contribution in [-0.2, 0) is 22.2 Å². The van der Waals surface area contributed by atoms with Gasteiger partial charge in [0.05, 0.1) is 11.5 Å². The van der Waals surface area contributed by atoms with Gasteiger partial charge in [-0.2, -0.15) is 13.2 Å². The van der Waals surface area contributed by atoms with Crippen molar-refractivity contribution in [1.29, 1.82) is 0 Å². The highest BCUT2D eigenvalue weighted by molar-refractivity contribution is 5.93. The van der Waals surface area contributed by atoms with Crippen LogP contribution in [0.2, 0.25) is 0 Å². The number of hydrogen-bond acceptors (Lipinski definition) is 2. The molecule has 0 aliphatic rings. The van der Waals surface area contributed by atoms with Crippen molar-refractivity contribution in [2.45, 2.75) is 19.0 Å². The molecule has 0 aromatic heterocycles. The number of rotatable bonds is 6. The lowest BCUT2D eigenvalue weighted by atomic mass is 9.96. The van der Waals surface area contributed by atoms with E-state index in [2.05, 4.69) is 5.32 Å². The lowest BCUT2D eigenvalue weighted by Crippen LogP contribution is -2.24. The molecule has 132 valence electrons. The minimum Gasteiger partial charge on any atom is -0.481 e. The Morgan fingerprint density at radius 1 is 1.04 bits per heavy atom. The Kier molecular flexibility index (Phi) is 5.80. The normalized spacial score (nSPS) is 12.4. The standard InChI is InChI=1S/C18H16F3NO3/c19-18(20,21)14-7-4-8-15(11-14)22-16(23)10-13(17(24)25)9-12-5-2-1-3-6-12/h1-8,11,13H,9-10H2,(H,22,23)(H,24,25)/t13-/m1/s1. The van der Waals surface area contributed by atoms with Gasteiger partial charge in [0.2, 0.25) is 5.91 Å². The van der Waals surface area contributed by atoms with Gasteiger partial charge in [0.15, 0.2) is 0 Å². The number of halogens is 3. The number of carboxylic acid groups (broad SMARTS) is 1. The molecule has 2 aromatic carbocycles. The van der Waals surface area contributed by atoms with Gasteiger partial charge in [-0.3, -0.25) is 9.59 Å². The first-order valence-electron chi connectivity index (χ1n) is 7.49. The molecule has 0 fully saturated rings. The predicted octanol–water partition coefficient (Wildman–Crippen LogP) is 3.98. The van der Waals surface area contributed by atoms with Gasteiger partial charge in [-0.25, -0.2) is 0 Å². The van der Waals surface area contributed by atoms with Crippen LogP contribution >= 0.6 is 0 Å². The zero-order valence-corrected chi connectivity index (χ0v) is 13.1. The van der Waals surface area contributed by atoms with E-state index in [1.807, 2.05) is 0 Å². The fraction of sp³-hybridized carbons (Fsp3) is 0.222. The summed E-state index contributed by atoms with van der Waals surface area (Å²) in [5, 5.41) is 11.6. The molecule has 1 atom stereocenters. The monoisotopic (exact) mass is 351 g/mol. The molecular weight excluding hydrogens is 335 g/mol. The second kappa shape index (κ2) is 7.83. The van der Waals surface area contributed by atoms with E-state index in [4.69, 9.17) is 0 Å². The van der Waals surface area contributed by atoms with Crippen LogP contribution in [0, 0.1) is 5.92 Å². The number of nitrogens with one attached hydrogen (secondary N) is 1. The molecule has 2 N–H and O–H groups in total. The summed E-state index contributed by atoms with van der Waals surface area (Å²) in [5.41, 5.74) is -0.144. The van der Waals surface area contributed by atoms with Crippen molar-refractivity contribution < 1.29 is 27.9 Å². The van der Waals surface area contributed by atoms with Crippen molar-refractivity contribution in [1.82, 2.24) is 0 Å². The number of aliphatic carboxylic acids is 1. The Bertz CT molecular complexity index is 745. The Morgan fingerprint density at radius 3 is 2.32 bits per heavy atom. The molecule has 0 bridgehead atoms. The highest BCUT2D eigenvalue weighted by Crippen LogP contribution is 2.30. The van der Waals surface area contributed by atoms with Crippen molar-refractivity contribution in [2.75, 3.05) is 5.32 Å². The summed E-state index contributed by atoms with van der Waals surface area (Å²) in [6.45, 7) is 0. The summed E-state index contributed by atoms with van der Waals surface area (Å²) in [7, 11) is 0. The van der Waals surface area contributed by atoms with E-state index >= 15 is 0 Å². The quantitative estimate of drug-likeness (QED) is 0.827. The molecule has 0 spiro atoms. The van der Waals surface area contributed by atoms with Gasteiger partial charge in [-0.15, -0.1) is 0 Å². The van der Waals surface area contributed by atoms with Crippen molar-refractivity contribution in [3.05, 3.63) is 65.7 Å². The number of anilines is 1. The number of carbonyl (C=O) groups excluding carboxylic acids is 1. The molecule has 7 heteroatoms. The highest BCUT2D eigenvalue weighted by atomic mass is 19.4. The van der Waals surface area contributed by atoms with E-state index < -0.39 is 29.5 Å². The van der Waals surface area contributed by atoms with Crippen molar-refractivity contribution in [2.24, 2.45) is 5.92 Å². The van der Waals surface area contributed by atoms with Gasteiger partial charge < -0.3 is 10.4 Å². The van der Waals surface area contributed by atoms with Crippen molar-refractivity contribution >= 4 is 17.6 Å². The molecular formula is C18H16F3NO3. The van der Waals surface area contributed by atoms with Gasteiger partial charge >= 0.3 is 12.1 Å². The molecule has 1 amide bonds. The Hall–Kier alpha value is -2.83. The highest BCUT2D eigenvalue weighted by Gasteiger charge is 2.30. The summed E-state index contributed by atoms with van der Waals surface area (Å²) in [5.74, 6) is -2.75. The first-order valence-corrected chi connectivity index (χ1v) is 7.49. The maximum absolute atomic E-state index is 12.7. The maximum atomic E-state index is 12.7. The minimum absolute atomic E-state index is 0.0244. The number of carboxylic acids is 1. The molecule has 0 unspecified atom stereocenters. The Balaban J connectivity index is 2.03. The third kappa shape index (κ3) is 5.63. The van der Waals surface area contributed by atoms with Gasteiger partial charge in [0.25, 0.3) is 0 Å². The average molecular weight is 351 g/mol. The van der Waals surface area contributed by atoms with Gasteiger partial charge in [0.1, 0.15) is 0 Å². The summed E-state index contributed by atoms with van der Waals surface area (Å²) >= 11 is 0. The molecule has 0 saturated carbocycles. The average Bonchev–Trinajstić information content (AvgIpc) is 2.54. The second-order valence-corrected chi connectivity index (χ2v) is 5.56. The van der Waals surface area contributed by atoms with Crippen LogP contribution in [0.3, 0.4) is 0 Å². The molecule has 2 rings (SSSR count). The Labute approximate surface area is 142 Å². The van der Waals surface area contributed by atoms with E-state index in [0.717, 1.165) is 17.7 Å². The molecule has 0 aliphatic carbocycles. The molecule has 4 nitrogen and oxygen atoms in total. The van der Waals surface area contributed by atoms with E-state index in [-0.39, 0.29) is 18.5 Å². The van der Waals surface area contributed by atoms with Gasteiger partial charge in [-0.05, 0) is 30.2 Å². The smallest absolute Gasteiger partial charge is 0.416 e. The molecule has 0 radical (unpaired) electrons. The van der Waals surface area contributed by atoms with Crippen molar-refractivity contribution in [3.8, 4) is 0 Å². The van der Waals surface area contributed by atoms with Crippen LogP contribution in [0.1, 0.15) is 17.5 Å². The number of carbonyl (C=O) groups is 2.